The zero-order valence-electron chi connectivity index (χ0n) is 17.5. The summed E-state index contributed by atoms with van der Waals surface area (Å²) in [5, 5.41) is 3.95. The van der Waals surface area contributed by atoms with Crippen molar-refractivity contribution in [2.75, 3.05) is 0 Å². The number of hydrogen-bond acceptors (Lipinski definition) is 7. The predicted octanol–water partition coefficient (Wildman–Crippen LogP) is 0.922. The Hall–Kier alpha value is -4.54. The molecule has 3 aromatic heterocycles. The smallest absolute Gasteiger partial charge is 0.332 e. The van der Waals surface area contributed by atoms with E-state index < -0.39 is 11.2 Å². The van der Waals surface area contributed by atoms with Gasteiger partial charge in [-0.15, -0.1) is 0 Å². The molecular formula is C21H19N7O4. The number of hydrogen-bond donors (Lipinski definition) is 1. The number of nitrogens with one attached hydrogen (secondary N) is 1. The zero-order chi connectivity index (χ0) is 22.8. The molecule has 0 aliphatic heterocycles. The maximum atomic E-state index is 12.5. The molecule has 0 atom stereocenters. The number of imidazole rings is 1. The minimum absolute atomic E-state index is 0.150. The Labute approximate surface area is 181 Å². The van der Waals surface area contributed by atoms with Crippen LogP contribution in [0.15, 0.2) is 63.5 Å². The number of ether oxygens (including phenoxy) is 1. The number of fused-ring (bicyclic) bond motifs is 1. The van der Waals surface area contributed by atoms with Crippen molar-refractivity contribution < 1.29 is 9.53 Å². The lowest BCUT2D eigenvalue weighted by Gasteiger charge is -2.06. The lowest BCUT2D eigenvalue weighted by Crippen LogP contribution is -2.37. The lowest BCUT2D eigenvalue weighted by molar-refractivity contribution is 0.0955. The highest BCUT2D eigenvalue weighted by atomic mass is 16.5. The van der Waals surface area contributed by atoms with Crippen molar-refractivity contribution in [2.24, 2.45) is 26.2 Å². The number of rotatable bonds is 5. The summed E-state index contributed by atoms with van der Waals surface area (Å²) in [4.78, 5) is 44.9. The molecule has 0 spiro atoms. The van der Waals surface area contributed by atoms with E-state index in [1.807, 2.05) is 0 Å². The van der Waals surface area contributed by atoms with Crippen LogP contribution in [0.3, 0.4) is 0 Å². The molecule has 0 bridgehead atoms. The molecule has 0 aliphatic rings. The molecule has 0 aliphatic carbocycles. The molecule has 0 fully saturated rings. The SMILES string of the molecule is Cn1c(=O)c2c(nc(Oc3cccc(/C=N/NC(=O)c4cccnc4)c3)n2C)n(C)c1=O. The molecule has 0 radical (unpaired) electrons. The van der Waals surface area contributed by atoms with E-state index in [9.17, 15) is 14.4 Å². The van der Waals surface area contributed by atoms with Crippen molar-refractivity contribution in [1.82, 2.24) is 29.1 Å². The van der Waals surface area contributed by atoms with Crippen LogP contribution in [0.25, 0.3) is 11.2 Å². The topological polar surface area (TPSA) is 125 Å². The molecule has 0 saturated carbocycles. The summed E-state index contributed by atoms with van der Waals surface area (Å²) in [5.74, 6) is 0.0569. The van der Waals surface area contributed by atoms with Gasteiger partial charge >= 0.3 is 11.7 Å². The fourth-order valence-corrected chi connectivity index (χ4v) is 3.08. The van der Waals surface area contributed by atoms with Gasteiger partial charge in [0.15, 0.2) is 11.2 Å². The van der Waals surface area contributed by atoms with Gasteiger partial charge in [-0.25, -0.2) is 10.2 Å². The van der Waals surface area contributed by atoms with Crippen LogP contribution < -0.4 is 21.4 Å². The summed E-state index contributed by atoms with van der Waals surface area (Å²) in [6.07, 6.45) is 4.49. The van der Waals surface area contributed by atoms with Crippen molar-refractivity contribution in [3.8, 4) is 11.8 Å². The second kappa shape index (κ2) is 8.30. The highest BCUT2D eigenvalue weighted by molar-refractivity contribution is 5.94. The van der Waals surface area contributed by atoms with Gasteiger partial charge in [0.25, 0.3) is 11.5 Å². The number of carbonyl (C=O) groups is 1. The summed E-state index contributed by atoms with van der Waals surface area (Å²) in [6.45, 7) is 0. The largest absolute Gasteiger partial charge is 0.425 e. The van der Waals surface area contributed by atoms with E-state index in [2.05, 4.69) is 20.5 Å². The molecule has 1 amide bonds. The van der Waals surface area contributed by atoms with E-state index in [0.29, 0.717) is 16.9 Å². The minimum Gasteiger partial charge on any atom is -0.425 e. The number of aryl methyl sites for hydroxylation is 2. The van der Waals surface area contributed by atoms with Crippen LogP contribution >= 0.6 is 0 Å². The molecule has 11 heteroatoms. The highest BCUT2D eigenvalue weighted by Crippen LogP contribution is 2.23. The second-order valence-electron chi connectivity index (χ2n) is 6.95. The summed E-state index contributed by atoms with van der Waals surface area (Å²) < 4.78 is 9.65. The first kappa shape index (κ1) is 20.7. The third-order valence-corrected chi connectivity index (χ3v) is 4.81. The van der Waals surface area contributed by atoms with Crippen molar-refractivity contribution in [2.45, 2.75) is 0 Å². The van der Waals surface area contributed by atoms with Crippen LogP contribution in [0.5, 0.6) is 11.8 Å². The van der Waals surface area contributed by atoms with Gasteiger partial charge in [0.05, 0.1) is 11.8 Å². The van der Waals surface area contributed by atoms with Crippen molar-refractivity contribution in [3.05, 3.63) is 80.8 Å². The first-order chi connectivity index (χ1) is 15.4. The Morgan fingerprint density at radius 1 is 1.09 bits per heavy atom. The van der Waals surface area contributed by atoms with E-state index >= 15 is 0 Å². The van der Waals surface area contributed by atoms with Gasteiger partial charge in [-0.3, -0.25) is 28.3 Å². The Morgan fingerprint density at radius 2 is 1.91 bits per heavy atom. The Bertz CT molecular complexity index is 1470. The van der Waals surface area contributed by atoms with Crippen LogP contribution in [0.1, 0.15) is 15.9 Å². The predicted molar refractivity (Wildman–Crippen MR) is 117 cm³/mol. The number of benzene rings is 1. The molecule has 0 saturated heterocycles. The van der Waals surface area contributed by atoms with Crippen LogP contribution in [-0.2, 0) is 21.1 Å². The van der Waals surface area contributed by atoms with Crippen LogP contribution in [-0.4, -0.2) is 35.8 Å². The van der Waals surface area contributed by atoms with Crippen molar-refractivity contribution in [1.29, 1.82) is 0 Å². The van der Waals surface area contributed by atoms with Crippen LogP contribution in [0.2, 0.25) is 0 Å². The molecule has 3 heterocycles. The number of nitrogens with zero attached hydrogens (tertiary/aromatic N) is 6. The number of pyridine rings is 1. The number of amides is 1. The van der Waals surface area contributed by atoms with E-state index in [-0.39, 0.29) is 23.1 Å². The molecule has 1 N–H and O–H groups in total. The fourth-order valence-electron chi connectivity index (χ4n) is 3.08. The summed E-state index contributed by atoms with van der Waals surface area (Å²) in [7, 11) is 4.58. The molecule has 162 valence electrons. The van der Waals surface area contributed by atoms with Crippen molar-refractivity contribution in [3.63, 3.8) is 0 Å². The van der Waals surface area contributed by atoms with Gasteiger partial charge in [-0.05, 0) is 29.8 Å². The second-order valence-corrected chi connectivity index (χ2v) is 6.95. The van der Waals surface area contributed by atoms with E-state index in [4.69, 9.17) is 4.74 Å². The molecule has 4 rings (SSSR count). The lowest BCUT2D eigenvalue weighted by atomic mass is 10.2. The van der Waals surface area contributed by atoms with E-state index in [0.717, 1.165) is 4.57 Å². The van der Waals surface area contributed by atoms with Gasteiger partial charge in [-0.1, -0.05) is 12.1 Å². The first-order valence-electron chi connectivity index (χ1n) is 9.50. The standard InChI is InChI=1S/C21H19N7O4/c1-26-16-17(27(2)21(31)28(3)19(16)30)24-20(26)32-15-8-4-6-13(10-15)11-23-25-18(29)14-7-5-9-22-12-14/h4-12H,1-3H3,(H,25,29)/b23-11+. The monoisotopic (exact) mass is 433 g/mol. The van der Waals surface area contributed by atoms with E-state index in [1.54, 1.807) is 49.6 Å². The highest BCUT2D eigenvalue weighted by Gasteiger charge is 2.18. The molecular weight excluding hydrogens is 414 g/mol. The number of aromatic nitrogens is 5. The van der Waals surface area contributed by atoms with Gasteiger partial charge in [0.2, 0.25) is 0 Å². The van der Waals surface area contributed by atoms with Gasteiger partial charge in [0, 0.05) is 33.5 Å². The summed E-state index contributed by atoms with van der Waals surface area (Å²) in [5.41, 5.74) is 3.03. The first-order valence-corrected chi connectivity index (χ1v) is 9.50. The average Bonchev–Trinajstić information content (AvgIpc) is 3.13. The molecule has 32 heavy (non-hydrogen) atoms. The molecule has 1 aromatic carbocycles. The Kier molecular flexibility index (Phi) is 5.37. The molecule has 4 aromatic rings. The minimum atomic E-state index is -0.473. The maximum absolute atomic E-state index is 12.5. The van der Waals surface area contributed by atoms with Crippen LogP contribution in [0, 0.1) is 0 Å². The van der Waals surface area contributed by atoms with E-state index in [1.165, 1.54) is 35.6 Å². The maximum Gasteiger partial charge on any atom is 0.332 e. The Balaban J connectivity index is 1.56. The molecule has 11 nitrogen and oxygen atoms in total. The van der Waals surface area contributed by atoms with Crippen molar-refractivity contribution >= 4 is 23.3 Å². The van der Waals surface area contributed by atoms with Crippen LogP contribution in [0.4, 0.5) is 0 Å². The Morgan fingerprint density at radius 3 is 2.66 bits per heavy atom. The average molecular weight is 433 g/mol. The van der Waals surface area contributed by atoms with Gasteiger partial charge < -0.3 is 4.74 Å². The summed E-state index contributed by atoms with van der Waals surface area (Å²) in [6, 6.07) is 10.4. The molecule has 0 unspecified atom stereocenters. The normalized spacial score (nSPS) is 11.2. The number of carbonyl (C=O) groups excluding carboxylic acids is 1. The third-order valence-electron chi connectivity index (χ3n) is 4.81. The van der Waals surface area contributed by atoms with Gasteiger partial charge in [-0.2, -0.15) is 10.1 Å². The van der Waals surface area contributed by atoms with Gasteiger partial charge in [0.1, 0.15) is 5.75 Å². The third kappa shape index (κ3) is 3.78. The summed E-state index contributed by atoms with van der Waals surface area (Å²) >= 11 is 0. The quantitative estimate of drug-likeness (QED) is 0.369. The number of hydrazone groups is 1. The fraction of sp³-hybridized carbons (Fsp3) is 0.143. The zero-order valence-corrected chi connectivity index (χ0v) is 17.5.